The fourth-order valence-electron chi connectivity index (χ4n) is 1.51. The minimum Gasteiger partial charge on any atom is -0.361 e. The van der Waals surface area contributed by atoms with E-state index in [2.05, 4.69) is 26.4 Å². The Morgan fingerprint density at radius 2 is 2.35 bits per heavy atom. The summed E-state index contributed by atoms with van der Waals surface area (Å²) < 4.78 is 5.99. The molecule has 2 heterocycles. The van der Waals surface area contributed by atoms with Crippen LogP contribution in [0.4, 0.5) is 0 Å². The summed E-state index contributed by atoms with van der Waals surface area (Å²) in [7, 11) is 0. The molecule has 2 aromatic heterocycles. The number of carbonyl (C=O) groups excluding carboxylic acids is 1. The van der Waals surface area contributed by atoms with Gasteiger partial charge in [-0.1, -0.05) is 5.16 Å². The van der Waals surface area contributed by atoms with E-state index in [1.807, 2.05) is 11.4 Å². The highest BCUT2D eigenvalue weighted by Gasteiger charge is 2.16. The van der Waals surface area contributed by atoms with Gasteiger partial charge in [0.2, 0.25) is 0 Å². The first-order valence-electron chi connectivity index (χ1n) is 5.02. The molecular weight excluding hydrogens is 304 g/mol. The predicted octanol–water partition coefficient (Wildman–Crippen LogP) is 3.05. The number of aryl methyl sites for hydroxylation is 2. The van der Waals surface area contributed by atoms with Gasteiger partial charge in [-0.2, -0.15) is 0 Å². The van der Waals surface area contributed by atoms with Crippen LogP contribution in [0.25, 0.3) is 0 Å². The van der Waals surface area contributed by atoms with Crippen LogP contribution in [0.5, 0.6) is 0 Å². The van der Waals surface area contributed by atoms with Crippen LogP contribution in [0.15, 0.2) is 20.4 Å². The third kappa shape index (κ3) is 2.76. The fourth-order valence-corrected chi connectivity index (χ4v) is 2.90. The Balaban J connectivity index is 2.03. The molecule has 0 aromatic carbocycles. The van der Waals surface area contributed by atoms with Gasteiger partial charge in [0.05, 0.1) is 12.2 Å². The highest BCUT2D eigenvalue weighted by molar-refractivity contribution is 9.10. The Hall–Kier alpha value is -1.14. The third-order valence-corrected chi connectivity index (χ3v) is 4.00. The summed E-state index contributed by atoms with van der Waals surface area (Å²) in [5, 5.41) is 8.59. The molecular formula is C11H11BrN2O2S. The van der Waals surface area contributed by atoms with Crippen LogP contribution in [-0.4, -0.2) is 11.1 Å². The van der Waals surface area contributed by atoms with E-state index < -0.39 is 0 Å². The lowest BCUT2D eigenvalue weighted by molar-refractivity contribution is 0.0949. The fraction of sp³-hybridized carbons (Fsp3) is 0.273. The number of carbonyl (C=O) groups is 1. The predicted molar refractivity (Wildman–Crippen MR) is 69.2 cm³/mol. The van der Waals surface area contributed by atoms with Crippen molar-refractivity contribution >= 4 is 33.2 Å². The zero-order valence-corrected chi connectivity index (χ0v) is 11.8. The SMILES string of the molecule is Cc1noc(C)c1C(=O)NCc1cc(Br)cs1. The number of aromatic nitrogens is 1. The number of nitrogens with one attached hydrogen (secondary N) is 1. The molecule has 0 saturated carbocycles. The van der Waals surface area contributed by atoms with E-state index in [-0.39, 0.29) is 5.91 Å². The smallest absolute Gasteiger partial charge is 0.257 e. The zero-order chi connectivity index (χ0) is 12.4. The number of hydrogen-bond donors (Lipinski definition) is 1. The summed E-state index contributed by atoms with van der Waals surface area (Å²) in [5.41, 5.74) is 1.15. The average molecular weight is 315 g/mol. The van der Waals surface area contributed by atoms with Gasteiger partial charge in [-0.15, -0.1) is 11.3 Å². The van der Waals surface area contributed by atoms with E-state index in [1.54, 1.807) is 25.2 Å². The molecule has 1 amide bonds. The van der Waals surface area contributed by atoms with Crippen molar-refractivity contribution in [2.75, 3.05) is 0 Å². The van der Waals surface area contributed by atoms with E-state index in [4.69, 9.17) is 4.52 Å². The Bertz CT molecular complexity index is 528. The van der Waals surface area contributed by atoms with Gasteiger partial charge in [0.25, 0.3) is 5.91 Å². The average Bonchev–Trinajstić information content (AvgIpc) is 2.83. The lowest BCUT2D eigenvalue weighted by Gasteiger charge is -2.02. The maximum absolute atomic E-state index is 11.9. The quantitative estimate of drug-likeness (QED) is 0.947. The van der Waals surface area contributed by atoms with E-state index in [0.717, 1.165) is 9.35 Å². The maximum atomic E-state index is 11.9. The molecule has 2 rings (SSSR count). The molecule has 4 nitrogen and oxygen atoms in total. The summed E-state index contributed by atoms with van der Waals surface area (Å²) in [5.74, 6) is 0.401. The van der Waals surface area contributed by atoms with Crippen LogP contribution in [0.1, 0.15) is 26.7 Å². The standard InChI is InChI=1S/C11H11BrN2O2S/c1-6-10(7(2)16-14-6)11(15)13-4-9-3-8(12)5-17-9/h3,5H,4H2,1-2H3,(H,13,15). The Labute approximate surface area is 111 Å². The monoisotopic (exact) mass is 314 g/mol. The van der Waals surface area contributed by atoms with Crippen molar-refractivity contribution in [3.63, 3.8) is 0 Å². The summed E-state index contributed by atoms with van der Waals surface area (Å²) >= 11 is 4.97. The van der Waals surface area contributed by atoms with Crippen molar-refractivity contribution in [3.8, 4) is 0 Å². The zero-order valence-electron chi connectivity index (χ0n) is 9.41. The first kappa shape index (κ1) is 12.3. The van der Waals surface area contributed by atoms with Crippen LogP contribution in [-0.2, 0) is 6.54 Å². The van der Waals surface area contributed by atoms with Crippen molar-refractivity contribution < 1.29 is 9.32 Å². The van der Waals surface area contributed by atoms with E-state index in [9.17, 15) is 4.79 Å². The molecule has 0 aliphatic carbocycles. The molecule has 1 N–H and O–H groups in total. The molecule has 0 radical (unpaired) electrons. The summed E-state index contributed by atoms with van der Waals surface area (Å²) in [6.45, 7) is 4.00. The molecule has 0 atom stereocenters. The van der Waals surface area contributed by atoms with Gasteiger partial charge in [-0.3, -0.25) is 4.79 Å². The van der Waals surface area contributed by atoms with Crippen LogP contribution in [0.2, 0.25) is 0 Å². The Morgan fingerprint density at radius 3 is 2.88 bits per heavy atom. The topological polar surface area (TPSA) is 55.1 Å². The number of amides is 1. The van der Waals surface area contributed by atoms with E-state index in [1.165, 1.54) is 0 Å². The minimum absolute atomic E-state index is 0.147. The molecule has 6 heteroatoms. The number of thiophene rings is 1. The third-order valence-electron chi connectivity index (χ3n) is 2.31. The Morgan fingerprint density at radius 1 is 1.59 bits per heavy atom. The molecule has 90 valence electrons. The first-order valence-corrected chi connectivity index (χ1v) is 6.69. The van der Waals surface area contributed by atoms with Crippen LogP contribution >= 0.6 is 27.3 Å². The molecule has 0 saturated heterocycles. The van der Waals surface area contributed by atoms with Gasteiger partial charge in [-0.25, -0.2) is 0 Å². The summed E-state index contributed by atoms with van der Waals surface area (Å²) in [4.78, 5) is 13.0. The molecule has 2 aromatic rings. The lowest BCUT2D eigenvalue weighted by atomic mass is 10.2. The van der Waals surface area contributed by atoms with Crippen LogP contribution in [0.3, 0.4) is 0 Å². The highest BCUT2D eigenvalue weighted by atomic mass is 79.9. The maximum Gasteiger partial charge on any atom is 0.257 e. The largest absolute Gasteiger partial charge is 0.361 e. The number of rotatable bonds is 3. The second-order valence-electron chi connectivity index (χ2n) is 3.61. The van der Waals surface area contributed by atoms with Gasteiger partial charge in [0.15, 0.2) is 0 Å². The summed E-state index contributed by atoms with van der Waals surface area (Å²) in [6.07, 6.45) is 0. The van der Waals surface area contributed by atoms with Crippen molar-refractivity contribution in [1.29, 1.82) is 0 Å². The number of nitrogens with zero attached hydrogens (tertiary/aromatic N) is 1. The van der Waals surface area contributed by atoms with E-state index >= 15 is 0 Å². The molecule has 0 aliphatic rings. The number of hydrogen-bond acceptors (Lipinski definition) is 4. The van der Waals surface area contributed by atoms with Gasteiger partial charge < -0.3 is 9.84 Å². The molecule has 0 unspecified atom stereocenters. The van der Waals surface area contributed by atoms with Crippen molar-refractivity contribution in [1.82, 2.24) is 10.5 Å². The lowest BCUT2D eigenvalue weighted by Crippen LogP contribution is -2.23. The van der Waals surface area contributed by atoms with Crippen molar-refractivity contribution in [2.45, 2.75) is 20.4 Å². The van der Waals surface area contributed by atoms with Gasteiger partial charge in [-0.05, 0) is 35.8 Å². The molecule has 0 bridgehead atoms. The first-order chi connectivity index (χ1) is 8.08. The minimum atomic E-state index is -0.147. The van der Waals surface area contributed by atoms with Crippen molar-refractivity contribution in [3.05, 3.63) is 37.8 Å². The molecule has 0 spiro atoms. The Kier molecular flexibility index (Phi) is 3.63. The normalized spacial score (nSPS) is 10.5. The molecule has 0 aliphatic heterocycles. The van der Waals surface area contributed by atoms with Crippen molar-refractivity contribution in [2.24, 2.45) is 0 Å². The number of halogens is 1. The van der Waals surface area contributed by atoms with Gasteiger partial charge in [0, 0.05) is 14.7 Å². The van der Waals surface area contributed by atoms with Gasteiger partial charge in [0.1, 0.15) is 11.3 Å². The second kappa shape index (κ2) is 5.01. The highest BCUT2D eigenvalue weighted by Crippen LogP contribution is 2.19. The van der Waals surface area contributed by atoms with Crippen LogP contribution < -0.4 is 5.32 Å². The molecule has 0 fully saturated rings. The van der Waals surface area contributed by atoms with Gasteiger partial charge >= 0.3 is 0 Å². The van der Waals surface area contributed by atoms with Crippen LogP contribution in [0, 0.1) is 13.8 Å². The molecule has 17 heavy (non-hydrogen) atoms. The van der Waals surface area contributed by atoms with E-state index in [0.29, 0.717) is 23.6 Å². The second-order valence-corrected chi connectivity index (χ2v) is 5.52. The summed E-state index contributed by atoms with van der Waals surface area (Å²) in [6, 6.07) is 1.98.